The normalized spacial score (nSPS) is 29.5. The minimum atomic E-state index is 0.312. The molecule has 2 aromatic rings. The Morgan fingerprint density at radius 2 is 1.50 bits per heavy atom. The van der Waals surface area contributed by atoms with Crippen LogP contribution in [0.4, 0.5) is 0 Å². The molecule has 0 radical (unpaired) electrons. The molecule has 0 aromatic heterocycles. The molecule has 2 aromatic carbocycles. The second-order valence-corrected chi connectivity index (χ2v) is 7.75. The maximum Gasteiger partial charge on any atom is 0.0123 e. The second kappa shape index (κ2) is 5.26. The molecule has 0 unspecified atom stereocenters. The number of rotatable bonds is 1. The summed E-state index contributed by atoms with van der Waals surface area (Å²) in [6, 6.07) is 20.5. The van der Waals surface area contributed by atoms with E-state index in [2.05, 4.69) is 68.4 Å². The molecule has 0 aliphatic heterocycles. The van der Waals surface area contributed by atoms with Gasteiger partial charge in [0.25, 0.3) is 0 Å². The highest BCUT2D eigenvalue weighted by Crippen LogP contribution is 2.56. The highest BCUT2D eigenvalue weighted by Gasteiger charge is 2.47. The van der Waals surface area contributed by atoms with Crippen molar-refractivity contribution in [3.05, 3.63) is 71.3 Å². The van der Waals surface area contributed by atoms with Crippen LogP contribution in [0.25, 0.3) is 0 Å². The van der Waals surface area contributed by atoms with E-state index in [0.717, 1.165) is 11.8 Å². The Morgan fingerprint density at radius 3 is 2.32 bits per heavy atom. The Labute approximate surface area is 134 Å². The summed E-state index contributed by atoms with van der Waals surface area (Å²) in [5.41, 5.74) is 5.00. The van der Waals surface area contributed by atoms with Crippen molar-refractivity contribution in [2.75, 3.05) is 0 Å². The van der Waals surface area contributed by atoms with Crippen LogP contribution in [0.5, 0.6) is 0 Å². The minimum Gasteiger partial charge on any atom is -0.0622 e. The maximum absolute atomic E-state index is 2.48. The van der Waals surface area contributed by atoms with Gasteiger partial charge in [-0.15, -0.1) is 0 Å². The third-order valence-corrected chi connectivity index (χ3v) is 6.32. The van der Waals surface area contributed by atoms with E-state index in [1.165, 1.54) is 31.2 Å². The van der Waals surface area contributed by atoms with Crippen LogP contribution in [0.1, 0.15) is 62.1 Å². The van der Waals surface area contributed by atoms with E-state index in [1.54, 1.807) is 11.1 Å². The lowest BCUT2D eigenvalue weighted by Crippen LogP contribution is -2.44. The second-order valence-electron chi connectivity index (χ2n) is 7.75. The summed E-state index contributed by atoms with van der Waals surface area (Å²) in [5.74, 6) is 2.22. The molecule has 2 aliphatic rings. The number of fused-ring (bicyclic) bond motifs is 2. The van der Waals surface area contributed by atoms with Crippen molar-refractivity contribution in [3.63, 3.8) is 0 Å². The standard InChI is InChI=1S/C22H26/c1-22(2)19-14-8-6-12-17(19)21(16-10-4-3-5-11-16)18-13-7-9-15-20(18)22/h3-6,8,10-12,14,18,20-21H,7,9,13,15H2,1-2H3/t18-,20-,21-/m1/s1. The van der Waals surface area contributed by atoms with Gasteiger partial charge in [-0.2, -0.15) is 0 Å². The quantitative estimate of drug-likeness (QED) is 0.612. The van der Waals surface area contributed by atoms with Gasteiger partial charge >= 0.3 is 0 Å². The number of hydrogen-bond donors (Lipinski definition) is 0. The van der Waals surface area contributed by atoms with Crippen LogP contribution in [-0.2, 0) is 5.41 Å². The van der Waals surface area contributed by atoms with E-state index in [0.29, 0.717) is 11.3 Å². The van der Waals surface area contributed by atoms with Gasteiger partial charge in [-0.3, -0.25) is 0 Å². The first-order valence-corrected chi connectivity index (χ1v) is 8.84. The van der Waals surface area contributed by atoms with E-state index in [1.807, 2.05) is 0 Å². The molecule has 114 valence electrons. The van der Waals surface area contributed by atoms with Gasteiger partial charge in [0.1, 0.15) is 0 Å². The fraction of sp³-hybridized carbons (Fsp3) is 0.455. The molecule has 22 heavy (non-hydrogen) atoms. The summed E-state index contributed by atoms with van der Waals surface area (Å²) in [7, 11) is 0. The largest absolute Gasteiger partial charge is 0.0622 e. The van der Waals surface area contributed by atoms with Crippen LogP contribution in [0, 0.1) is 11.8 Å². The van der Waals surface area contributed by atoms with Crippen molar-refractivity contribution >= 4 is 0 Å². The van der Waals surface area contributed by atoms with Gasteiger partial charge < -0.3 is 0 Å². The van der Waals surface area contributed by atoms with E-state index in [-0.39, 0.29) is 0 Å². The predicted octanol–water partition coefficient (Wildman–Crippen LogP) is 5.92. The average Bonchev–Trinajstić information content (AvgIpc) is 2.56. The highest BCUT2D eigenvalue weighted by atomic mass is 14.5. The van der Waals surface area contributed by atoms with Crippen LogP contribution in [0.15, 0.2) is 54.6 Å². The first kappa shape index (κ1) is 14.1. The molecule has 0 nitrogen and oxygen atoms in total. The zero-order valence-corrected chi connectivity index (χ0v) is 13.8. The molecule has 1 fully saturated rings. The van der Waals surface area contributed by atoms with E-state index in [9.17, 15) is 0 Å². The molecule has 4 rings (SSSR count). The summed E-state index contributed by atoms with van der Waals surface area (Å²) in [5, 5.41) is 0. The zero-order chi connectivity index (χ0) is 15.2. The Morgan fingerprint density at radius 1 is 0.818 bits per heavy atom. The zero-order valence-electron chi connectivity index (χ0n) is 13.8. The fourth-order valence-corrected chi connectivity index (χ4v) is 5.33. The lowest BCUT2D eigenvalue weighted by molar-refractivity contribution is 0.118. The summed E-state index contributed by atoms with van der Waals surface area (Å²) < 4.78 is 0. The summed E-state index contributed by atoms with van der Waals surface area (Å²) in [4.78, 5) is 0. The molecule has 0 spiro atoms. The van der Waals surface area contributed by atoms with Gasteiger partial charge in [0, 0.05) is 5.92 Å². The summed E-state index contributed by atoms with van der Waals surface area (Å²) in [6.45, 7) is 4.96. The number of hydrogen-bond acceptors (Lipinski definition) is 0. The van der Waals surface area contributed by atoms with Crippen LogP contribution in [-0.4, -0.2) is 0 Å². The molecule has 0 saturated heterocycles. The third-order valence-electron chi connectivity index (χ3n) is 6.32. The van der Waals surface area contributed by atoms with Crippen LogP contribution < -0.4 is 0 Å². The van der Waals surface area contributed by atoms with Gasteiger partial charge in [0.15, 0.2) is 0 Å². The van der Waals surface area contributed by atoms with Crippen molar-refractivity contribution in [1.29, 1.82) is 0 Å². The van der Waals surface area contributed by atoms with Gasteiger partial charge in [0.2, 0.25) is 0 Å². The molecule has 1 saturated carbocycles. The van der Waals surface area contributed by atoms with Crippen LogP contribution >= 0.6 is 0 Å². The van der Waals surface area contributed by atoms with Gasteiger partial charge in [-0.1, -0.05) is 81.3 Å². The Kier molecular flexibility index (Phi) is 3.36. The average molecular weight is 290 g/mol. The lowest BCUT2D eigenvalue weighted by Gasteiger charge is -2.52. The summed E-state index contributed by atoms with van der Waals surface area (Å²) in [6.07, 6.45) is 5.61. The molecule has 3 atom stereocenters. The molecule has 0 heterocycles. The highest BCUT2D eigenvalue weighted by molar-refractivity contribution is 5.46. The Bertz CT molecular complexity index is 653. The topological polar surface area (TPSA) is 0 Å². The van der Waals surface area contributed by atoms with Gasteiger partial charge in [-0.25, -0.2) is 0 Å². The molecule has 0 amide bonds. The fourth-order valence-electron chi connectivity index (χ4n) is 5.33. The van der Waals surface area contributed by atoms with Crippen LogP contribution in [0.3, 0.4) is 0 Å². The SMILES string of the molecule is CC1(C)c2ccccc2[C@@H](c2ccccc2)[C@@H]2CCCC[C@H]21. The smallest absolute Gasteiger partial charge is 0.0123 e. The van der Waals surface area contributed by atoms with Crippen molar-refractivity contribution in [2.45, 2.75) is 50.9 Å². The Balaban J connectivity index is 1.92. The van der Waals surface area contributed by atoms with Crippen molar-refractivity contribution in [3.8, 4) is 0 Å². The van der Waals surface area contributed by atoms with Gasteiger partial charge in [-0.05, 0) is 46.8 Å². The Hall–Kier alpha value is -1.56. The molecule has 0 bridgehead atoms. The molecule has 0 N–H and O–H groups in total. The molecular weight excluding hydrogens is 264 g/mol. The third kappa shape index (κ3) is 2.04. The van der Waals surface area contributed by atoms with E-state index < -0.39 is 0 Å². The lowest BCUT2D eigenvalue weighted by atomic mass is 9.52. The molecule has 2 aliphatic carbocycles. The molecule has 0 heteroatoms. The first-order valence-electron chi connectivity index (χ1n) is 8.84. The monoisotopic (exact) mass is 290 g/mol. The number of benzene rings is 2. The maximum atomic E-state index is 2.48. The summed E-state index contributed by atoms with van der Waals surface area (Å²) >= 11 is 0. The van der Waals surface area contributed by atoms with E-state index >= 15 is 0 Å². The predicted molar refractivity (Wildman–Crippen MR) is 93.2 cm³/mol. The first-order chi connectivity index (χ1) is 10.7. The minimum absolute atomic E-state index is 0.312. The van der Waals surface area contributed by atoms with Crippen molar-refractivity contribution in [1.82, 2.24) is 0 Å². The van der Waals surface area contributed by atoms with E-state index in [4.69, 9.17) is 0 Å². The van der Waals surface area contributed by atoms with Crippen molar-refractivity contribution < 1.29 is 0 Å². The molecular formula is C22H26. The van der Waals surface area contributed by atoms with Crippen molar-refractivity contribution in [2.24, 2.45) is 11.8 Å². The van der Waals surface area contributed by atoms with Crippen LogP contribution in [0.2, 0.25) is 0 Å². The van der Waals surface area contributed by atoms with Gasteiger partial charge in [0.05, 0.1) is 0 Å².